The van der Waals surface area contributed by atoms with Crippen LogP contribution in [0.15, 0.2) is 63.2 Å². The highest BCUT2D eigenvalue weighted by Crippen LogP contribution is 2.38. The van der Waals surface area contributed by atoms with E-state index in [4.69, 9.17) is 16.3 Å². The Kier molecular flexibility index (Phi) is 6.06. The maximum atomic E-state index is 12.7. The maximum Gasteiger partial charge on any atom is 0.335 e. The summed E-state index contributed by atoms with van der Waals surface area (Å²) < 4.78 is 6.40. The molecule has 2 N–H and O–H groups in total. The van der Waals surface area contributed by atoms with Crippen molar-refractivity contribution >= 4 is 23.2 Å². The monoisotopic (exact) mass is 468 g/mol. The topological polar surface area (TPSA) is 117 Å². The summed E-state index contributed by atoms with van der Waals surface area (Å²) in [7, 11) is 1.53. The Balaban J connectivity index is 1.86. The Hall–Kier alpha value is -3.85. The highest BCUT2D eigenvalue weighted by Gasteiger charge is 2.36. The number of nitrogens with one attached hydrogen (secondary N) is 1. The van der Waals surface area contributed by atoms with Gasteiger partial charge in [-0.05, 0) is 30.3 Å². The van der Waals surface area contributed by atoms with Crippen molar-refractivity contribution in [3.05, 3.63) is 85.5 Å². The molecule has 2 aromatic carbocycles. The number of rotatable bonds is 5. The van der Waals surface area contributed by atoms with Gasteiger partial charge in [0.15, 0.2) is 0 Å². The van der Waals surface area contributed by atoms with Gasteiger partial charge in [0.05, 0.1) is 24.6 Å². The number of amides is 1. The van der Waals surface area contributed by atoms with E-state index in [0.717, 1.165) is 4.57 Å². The highest BCUT2D eigenvalue weighted by molar-refractivity contribution is 6.30. The molecule has 3 aromatic rings. The number of carbonyl (C=O) groups is 1. The van der Waals surface area contributed by atoms with Crippen molar-refractivity contribution in [1.29, 1.82) is 0 Å². The molecular formula is C23H21ClN4O5. The van der Waals surface area contributed by atoms with E-state index in [-0.39, 0.29) is 30.0 Å². The molecule has 0 fully saturated rings. The van der Waals surface area contributed by atoms with Crippen molar-refractivity contribution in [2.24, 2.45) is 5.10 Å². The normalized spacial score (nSPS) is 15.4. The van der Waals surface area contributed by atoms with Crippen LogP contribution in [-0.4, -0.2) is 38.4 Å². The fourth-order valence-electron chi connectivity index (χ4n) is 3.85. The molecule has 0 unspecified atom stereocenters. The molecule has 4 rings (SSSR count). The van der Waals surface area contributed by atoms with E-state index in [1.807, 2.05) is 18.2 Å². The molecular weight excluding hydrogens is 448 g/mol. The van der Waals surface area contributed by atoms with E-state index in [1.165, 1.54) is 24.3 Å². The standard InChI is InChI=1S/C23H21ClN4O5/c1-3-19(29)28-17(15-6-4-5-7-18(15)33-2)12-16(26-28)20-21(30)25-23(32)27(22(20)31)14-10-8-13(24)9-11-14/h4-11,17,31H,3,12H2,1-2H3,(H,25,30,32)/t17-/m0/s1. The van der Waals surface area contributed by atoms with Gasteiger partial charge in [-0.3, -0.25) is 14.6 Å². The quantitative estimate of drug-likeness (QED) is 0.597. The van der Waals surface area contributed by atoms with Crippen LogP contribution in [0.25, 0.3) is 5.69 Å². The number of benzene rings is 2. The van der Waals surface area contributed by atoms with Crippen molar-refractivity contribution in [2.75, 3.05) is 7.11 Å². The third-order valence-electron chi connectivity index (χ3n) is 5.43. The summed E-state index contributed by atoms with van der Waals surface area (Å²) in [5.74, 6) is -0.269. The molecule has 0 radical (unpaired) electrons. The number of hydrogen-bond donors (Lipinski definition) is 2. The number of nitrogens with zero attached hydrogens (tertiary/aromatic N) is 3. The first kappa shape index (κ1) is 22.3. The van der Waals surface area contributed by atoms with Crippen molar-refractivity contribution in [1.82, 2.24) is 14.6 Å². The van der Waals surface area contributed by atoms with E-state index < -0.39 is 23.2 Å². The van der Waals surface area contributed by atoms with Gasteiger partial charge in [0.2, 0.25) is 11.8 Å². The molecule has 0 spiro atoms. The first-order chi connectivity index (χ1) is 15.8. The van der Waals surface area contributed by atoms with Crippen LogP contribution in [0, 0.1) is 0 Å². The Morgan fingerprint density at radius 2 is 1.91 bits per heavy atom. The number of hydrazone groups is 1. The van der Waals surface area contributed by atoms with Gasteiger partial charge < -0.3 is 9.84 Å². The minimum Gasteiger partial charge on any atom is -0.496 e. The van der Waals surface area contributed by atoms with Gasteiger partial charge in [0.25, 0.3) is 5.56 Å². The van der Waals surface area contributed by atoms with E-state index in [0.29, 0.717) is 22.0 Å². The molecule has 0 bridgehead atoms. The number of ether oxygens (including phenoxy) is 1. The van der Waals surface area contributed by atoms with Crippen LogP contribution in [0.3, 0.4) is 0 Å². The molecule has 1 atom stereocenters. The van der Waals surface area contributed by atoms with E-state index in [1.54, 1.807) is 25.1 Å². The number of halogens is 1. The zero-order valence-corrected chi connectivity index (χ0v) is 18.7. The Labute approximate surface area is 193 Å². The Morgan fingerprint density at radius 3 is 2.58 bits per heavy atom. The van der Waals surface area contributed by atoms with Crippen LogP contribution in [0.2, 0.25) is 5.02 Å². The second-order valence-corrected chi connectivity index (χ2v) is 7.81. The van der Waals surface area contributed by atoms with Gasteiger partial charge in [-0.15, -0.1) is 0 Å². The molecule has 1 aliphatic rings. The second kappa shape index (κ2) is 8.95. The van der Waals surface area contributed by atoms with Gasteiger partial charge in [0, 0.05) is 23.4 Å². The van der Waals surface area contributed by atoms with Gasteiger partial charge in [-0.1, -0.05) is 36.7 Å². The van der Waals surface area contributed by atoms with Gasteiger partial charge in [0.1, 0.15) is 11.3 Å². The van der Waals surface area contributed by atoms with Gasteiger partial charge in [-0.2, -0.15) is 5.10 Å². The lowest BCUT2D eigenvalue weighted by molar-refractivity contribution is -0.132. The summed E-state index contributed by atoms with van der Waals surface area (Å²) in [6.45, 7) is 1.71. The molecule has 10 heteroatoms. The average molecular weight is 469 g/mol. The number of aromatic nitrogens is 2. The minimum absolute atomic E-state index is 0.140. The fraction of sp³-hybridized carbons (Fsp3) is 0.217. The highest BCUT2D eigenvalue weighted by atomic mass is 35.5. The zero-order valence-electron chi connectivity index (χ0n) is 17.9. The van der Waals surface area contributed by atoms with Crippen LogP contribution >= 0.6 is 11.6 Å². The molecule has 1 amide bonds. The smallest absolute Gasteiger partial charge is 0.335 e. The van der Waals surface area contributed by atoms with Crippen molar-refractivity contribution in [3.8, 4) is 17.3 Å². The number of H-pyrrole nitrogens is 1. The predicted molar refractivity (Wildman–Crippen MR) is 123 cm³/mol. The number of aromatic amines is 1. The van der Waals surface area contributed by atoms with Gasteiger partial charge in [-0.25, -0.2) is 14.4 Å². The lowest BCUT2D eigenvalue weighted by Gasteiger charge is -2.23. The first-order valence-electron chi connectivity index (χ1n) is 10.2. The predicted octanol–water partition coefficient (Wildman–Crippen LogP) is 2.98. The molecule has 1 aliphatic heterocycles. The fourth-order valence-corrected chi connectivity index (χ4v) is 3.98. The van der Waals surface area contributed by atoms with E-state index in [9.17, 15) is 19.5 Å². The lowest BCUT2D eigenvalue weighted by atomic mass is 9.98. The number of aromatic hydroxyl groups is 1. The summed E-state index contributed by atoms with van der Waals surface area (Å²) in [4.78, 5) is 40.1. The van der Waals surface area contributed by atoms with Crippen LogP contribution < -0.4 is 16.0 Å². The van der Waals surface area contributed by atoms with E-state index >= 15 is 0 Å². The largest absolute Gasteiger partial charge is 0.496 e. The summed E-state index contributed by atoms with van der Waals surface area (Å²) in [5.41, 5.74) is -0.607. The van der Waals surface area contributed by atoms with Crippen molar-refractivity contribution < 1.29 is 14.6 Å². The van der Waals surface area contributed by atoms with Crippen LogP contribution in [0.1, 0.15) is 36.9 Å². The number of carbonyl (C=O) groups excluding carboxylic acids is 1. The maximum absolute atomic E-state index is 12.7. The average Bonchev–Trinajstić information content (AvgIpc) is 3.24. The Bertz CT molecular complexity index is 1360. The molecule has 33 heavy (non-hydrogen) atoms. The first-order valence-corrected chi connectivity index (χ1v) is 10.6. The zero-order chi connectivity index (χ0) is 23.7. The minimum atomic E-state index is -0.815. The number of para-hydroxylation sites is 1. The van der Waals surface area contributed by atoms with Crippen LogP contribution in [0.4, 0.5) is 0 Å². The molecule has 1 aromatic heterocycles. The SMILES string of the molecule is CCC(=O)N1N=C(c2c(O)n(-c3ccc(Cl)cc3)c(=O)[nH]c2=O)C[C@H]1c1ccccc1OC. The van der Waals surface area contributed by atoms with Crippen LogP contribution in [-0.2, 0) is 4.79 Å². The molecule has 170 valence electrons. The van der Waals surface area contributed by atoms with Crippen LogP contribution in [0.5, 0.6) is 11.6 Å². The number of hydrogen-bond acceptors (Lipinski definition) is 6. The van der Waals surface area contributed by atoms with E-state index in [2.05, 4.69) is 10.1 Å². The lowest BCUT2D eigenvalue weighted by Crippen LogP contribution is -2.33. The summed E-state index contributed by atoms with van der Waals surface area (Å²) >= 11 is 5.92. The summed E-state index contributed by atoms with van der Waals surface area (Å²) in [5, 5.41) is 17.1. The third-order valence-corrected chi connectivity index (χ3v) is 5.68. The summed E-state index contributed by atoms with van der Waals surface area (Å²) in [6, 6.07) is 12.8. The molecule has 9 nitrogen and oxygen atoms in total. The van der Waals surface area contributed by atoms with Gasteiger partial charge >= 0.3 is 5.69 Å². The molecule has 2 heterocycles. The van der Waals surface area contributed by atoms with Crippen molar-refractivity contribution in [3.63, 3.8) is 0 Å². The molecule has 0 saturated carbocycles. The van der Waals surface area contributed by atoms with Crippen molar-refractivity contribution in [2.45, 2.75) is 25.8 Å². The third kappa shape index (κ3) is 4.03. The molecule has 0 saturated heterocycles. The number of methoxy groups -OCH3 is 1. The summed E-state index contributed by atoms with van der Waals surface area (Å²) in [6.07, 6.45) is 0.330. The second-order valence-electron chi connectivity index (χ2n) is 7.37. The molecule has 0 aliphatic carbocycles. The Morgan fingerprint density at radius 1 is 1.21 bits per heavy atom.